The van der Waals surface area contributed by atoms with Crippen LogP contribution >= 0.6 is 7.82 Å². The summed E-state index contributed by atoms with van der Waals surface area (Å²) in [6.45, 7) is 1.27. The lowest BCUT2D eigenvalue weighted by atomic mass is 10.0. The molecule has 1 rings (SSSR count). The summed E-state index contributed by atoms with van der Waals surface area (Å²) in [4.78, 5) is 32.6. The molecule has 0 aliphatic carbocycles. The topological polar surface area (TPSA) is 111 Å². The lowest BCUT2D eigenvalue weighted by Crippen LogP contribution is -2.22. The van der Waals surface area contributed by atoms with E-state index in [0.717, 1.165) is 38.5 Å². The summed E-state index contributed by atoms with van der Waals surface area (Å²) in [6.07, 6.45) is 23.3. The van der Waals surface area contributed by atoms with Gasteiger partial charge in [0.15, 0.2) is 0 Å². The molecule has 202 valence electrons. The molecule has 8 nitrogen and oxygen atoms in total. The molecule has 35 heavy (non-hydrogen) atoms. The predicted octanol–water partition coefficient (Wildman–Crippen LogP) is 7.55. The number of esters is 1. The van der Waals surface area contributed by atoms with Crippen molar-refractivity contribution in [3.8, 4) is 0 Å². The fraction of sp³-hybridized carbons (Fsp3) is 0.808. The van der Waals surface area contributed by atoms with Crippen LogP contribution < -0.4 is 0 Å². The van der Waals surface area contributed by atoms with E-state index < -0.39 is 19.9 Å². The monoisotopic (exact) mass is 515 g/mol. The number of cyclic esters (lactones) is 1. The maximum absolute atomic E-state index is 12.5. The van der Waals surface area contributed by atoms with Gasteiger partial charge >= 0.3 is 13.8 Å². The number of carbonyl (C=O) groups is 1. The van der Waals surface area contributed by atoms with Crippen molar-refractivity contribution in [1.82, 2.24) is 0 Å². The highest BCUT2D eigenvalue weighted by Crippen LogP contribution is 2.45. The van der Waals surface area contributed by atoms with E-state index in [0.29, 0.717) is 12.8 Å². The summed E-state index contributed by atoms with van der Waals surface area (Å²) in [7, 11) is -4.40. The first-order valence-electron chi connectivity index (χ1n) is 13.4. The molecule has 0 aromatic rings. The van der Waals surface area contributed by atoms with E-state index in [1.165, 1.54) is 44.9 Å². The Kier molecular flexibility index (Phi) is 18.8. The molecule has 0 saturated carbocycles. The summed E-state index contributed by atoms with van der Waals surface area (Å²) in [6, 6.07) is 0. The van der Waals surface area contributed by atoms with Crippen LogP contribution in [0.1, 0.15) is 110 Å². The highest BCUT2D eigenvalue weighted by Gasteiger charge is 2.28. The molecule has 1 aliphatic rings. The maximum Gasteiger partial charge on any atom is 0.472 e. The van der Waals surface area contributed by atoms with Crippen molar-refractivity contribution in [2.75, 3.05) is 13.2 Å². The Hall–Kier alpha value is -1.34. The van der Waals surface area contributed by atoms with Crippen molar-refractivity contribution < 1.29 is 28.0 Å². The van der Waals surface area contributed by atoms with Gasteiger partial charge in [-0.3, -0.25) is 13.8 Å². The van der Waals surface area contributed by atoms with E-state index in [1.807, 2.05) is 13.0 Å². The third kappa shape index (κ3) is 19.5. The standard InChI is InChI=1S/C26H46NO7P/c1-24-19-17-15-13-11-9-7-5-3-2-4-6-8-10-12-14-16-18-20-25(23-26(28)33-24)34-35(30,31)32-22-21-27-29/h7,9,15,17,24-25H,2-6,8,10-14,16,18-23H2,1H3,(H,30,31)/b9-7-,17-15+/t24-,25-/m1/s1. The highest BCUT2D eigenvalue weighted by atomic mass is 31.2. The van der Waals surface area contributed by atoms with E-state index in [-0.39, 0.29) is 25.7 Å². The van der Waals surface area contributed by atoms with Crippen molar-refractivity contribution >= 4 is 13.8 Å². The number of carbonyl (C=O) groups excluding carboxylic acids is 1. The normalized spacial score (nSPS) is 27.0. The molecule has 1 aliphatic heterocycles. The van der Waals surface area contributed by atoms with Gasteiger partial charge in [0, 0.05) is 6.42 Å². The van der Waals surface area contributed by atoms with Crippen molar-refractivity contribution in [3.63, 3.8) is 0 Å². The number of ether oxygens (including phenoxy) is 1. The predicted molar refractivity (Wildman–Crippen MR) is 139 cm³/mol. The zero-order chi connectivity index (χ0) is 25.6. The van der Waals surface area contributed by atoms with Crippen LogP contribution in [0.3, 0.4) is 0 Å². The number of phosphoric ester groups is 1. The van der Waals surface area contributed by atoms with Gasteiger partial charge in [-0.1, -0.05) is 87.3 Å². The smallest absolute Gasteiger partial charge is 0.462 e. The van der Waals surface area contributed by atoms with Gasteiger partial charge in [0.1, 0.15) is 12.6 Å². The average molecular weight is 516 g/mol. The molecule has 0 fully saturated rings. The molecule has 1 unspecified atom stereocenters. The van der Waals surface area contributed by atoms with Gasteiger partial charge in [-0.2, -0.15) is 4.91 Å². The van der Waals surface area contributed by atoms with Gasteiger partial charge in [-0.25, -0.2) is 4.57 Å². The minimum Gasteiger partial charge on any atom is -0.462 e. The zero-order valence-electron chi connectivity index (χ0n) is 21.5. The Labute approximate surface area is 211 Å². The number of hydrogen-bond donors (Lipinski definition) is 1. The van der Waals surface area contributed by atoms with Crippen LogP contribution in [-0.2, 0) is 23.1 Å². The fourth-order valence-electron chi connectivity index (χ4n) is 3.99. The molecule has 0 amide bonds. The molecular weight excluding hydrogens is 469 g/mol. The number of nitroso groups, excluding NO2 is 1. The van der Waals surface area contributed by atoms with Gasteiger partial charge in [0.2, 0.25) is 0 Å². The second-order valence-electron chi connectivity index (χ2n) is 9.26. The van der Waals surface area contributed by atoms with Crippen LogP contribution in [0.5, 0.6) is 0 Å². The van der Waals surface area contributed by atoms with Gasteiger partial charge in [-0.15, -0.1) is 0 Å². The fourth-order valence-corrected chi connectivity index (χ4v) is 4.92. The van der Waals surface area contributed by atoms with Crippen LogP contribution in [0, 0.1) is 4.91 Å². The van der Waals surface area contributed by atoms with Crippen LogP contribution in [0.15, 0.2) is 29.5 Å². The van der Waals surface area contributed by atoms with E-state index in [4.69, 9.17) is 13.8 Å². The van der Waals surface area contributed by atoms with E-state index in [1.54, 1.807) is 0 Å². The summed E-state index contributed by atoms with van der Waals surface area (Å²) in [5.74, 6) is -0.470. The van der Waals surface area contributed by atoms with Crippen molar-refractivity contribution in [1.29, 1.82) is 0 Å². The zero-order valence-corrected chi connectivity index (χ0v) is 22.4. The van der Waals surface area contributed by atoms with E-state index in [2.05, 4.69) is 23.4 Å². The maximum atomic E-state index is 12.5. The third-order valence-corrected chi connectivity index (χ3v) is 6.97. The quantitative estimate of drug-likeness (QED) is 0.128. The van der Waals surface area contributed by atoms with Crippen LogP contribution in [0.4, 0.5) is 0 Å². The molecule has 3 atom stereocenters. The number of rotatable bonds is 6. The number of hydrogen-bond acceptors (Lipinski definition) is 7. The van der Waals surface area contributed by atoms with Crippen LogP contribution in [0.2, 0.25) is 0 Å². The molecule has 9 heteroatoms. The van der Waals surface area contributed by atoms with E-state index >= 15 is 0 Å². The Morgan fingerprint density at radius 2 is 1.51 bits per heavy atom. The highest BCUT2D eigenvalue weighted by molar-refractivity contribution is 7.47. The minimum atomic E-state index is -4.40. The Morgan fingerprint density at radius 1 is 0.943 bits per heavy atom. The van der Waals surface area contributed by atoms with Gasteiger partial charge < -0.3 is 9.63 Å². The first kappa shape index (κ1) is 31.7. The first-order valence-corrected chi connectivity index (χ1v) is 14.9. The molecule has 0 spiro atoms. The molecule has 0 saturated heterocycles. The second-order valence-corrected chi connectivity index (χ2v) is 10.7. The molecule has 0 aromatic heterocycles. The van der Waals surface area contributed by atoms with Crippen molar-refractivity contribution in [2.45, 2.75) is 122 Å². The lowest BCUT2D eigenvalue weighted by molar-refractivity contribution is -0.150. The molecule has 0 aromatic carbocycles. The molecule has 0 radical (unpaired) electrons. The number of allylic oxidation sites excluding steroid dienone is 3. The van der Waals surface area contributed by atoms with Gasteiger partial charge in [0.25, 0.3) is 0 Å². The average Bonchev–Trinajstić information content (AvgIpc) is 2.79. The Bertz CT molecular complexity index is 668. The summed E-state index contributed by atoms with van der Waals surface area (Å²) < 4.78 is 27.8. The summed E-state index contributed by atoms with van der Waals surface area (Å²) in [5, 5.41) is 2.60. The summed E-state index contributed by atoms with van der Waals surface area (Å²) in [5.41, 5.74) is 0. The Morgan fingerprint density at radius 3 is 2.17 bits per heavy atom. The Balaban J connectivity index is 2.63. The second kappa shape index (κ2) is 20.8. The van der Waals surface area contributed by atoms with Gasteiger partial charge in [0.05, 0.1) is 19.1 Å². The van der Waals surface area contributed by atoms with Crippen molar-refractivity contribution in [2.24, 2.45) is 5.18 Å². The lowest BCUT2D eigenvalue weighted by Gasteiger charge is -2.21. The SMILES string of the molecule is C[C@@H]1C/C=C/CC/C=C\CCCCCCCCCCCC[C@@H](OP(=O)(O)OCCN=O)CC(=O)O1. The molecule has 0 bridgehead atoms. The number of phosphoric acid groups is 1. The first-order chi connectivity index (χ1) is 16.9. The van der Waals surface area contributed by atoms with Crippen molar-refractivity contribution in [3.05, 3.63) is 29.2 Å². The molecule has 1 heterocycles. The van der Waals surface area contributed by atoms with Crippen LogP contribution in [-0.4, -0.2) is 36.2 Å². The number of nitrogens with zero attached hydrogens (tertiary/aromatic N) is 1. The van der Waals surface area contributed by atoms with Gasteiger partial charge in [-0.05, 0) is 39.0 Å². The molecular formula is C26H46NO7P. The van der Waals surface area contributed by atoms with Crippen LogP contribution in [0.25, 0.3) is 0 Å². The van der Waals surface area contributed by atoms with E-state index in [9.17, 15) is 19.2 Å². The third-order valence-electron chi connectivity index (χ3n) is 5.89. The largest absolute Gasteiger partial charge is 0.472 e. The summed E-state index contributed by atoms with van der Waals surface area (Å²) >= 11 is 0. The minimum absolute atomic E-state index is 0.126. The molecule has 1 N–H and O–H groups in total.